The minimum absolute atomic E-state index is 0.0539. The van der Waals surface area contributed by atoms with Crippen LogP contribution in [0.4, 0.5) is 4.39 Å². The van der Waals surface area contributed by atoms with Crippen LogP contribution in [0.25, 0.3) is 0 Å². The minimum atomic E-state index is -1.57. The summed E-state index contributed by atoms with van der Waals surface area (Å²) in [5.41, 5.74) is 0.715. The second-order valence-electron chi connectivity index (χ2n) is 3.27. The van der Waals surface area contributed by atoms with Gasteiger partial charge in [-0.3, -0.25) is 0 Å². The standard InChI is InChI=1S/C11H13FO3S/c1-6-4-8(12)7(5-9(6)16-3)10(13)11(14)15-2/h4-5,10,13H,1-3H3. The average molecular weight is 244 g/mol. The summed E-state index contributed by atoms with van der Waals surface area (Å²) < 4.78 is 17.9. The average Bonchev–Trinajstić information content (AvgIpc) is 2.27. The summed E-state index contributed by atoms with van der Waals surface area (Å²) in [4.78, 5) is 11.9. The first kappa shape index (κ1) is 13.0. The molecule has 0 radical (unpaired) electrons. The Morgan fingerprint density at radius 1 is 1.56 bits per heavy atom. The smallest absolute Gasteiger partial charge is 0.339 e. The van der Waals surface area contributed by atoms with Crippen LogP contribution in [0.1, 0.15) is 17.2 Å². The number of carbonyl (C=O) groups is 1. The lowest BCUT2D eigenvalue weighted by molar-refractivity contribution is -0.150. The molecular formula is C11H13FO3S. The van der Waals surface area contributed by atoms with Crippen LogP contribution >= 0.6 is 11.8 Å². The van der Waals surface area contributed by atoms with Crippen LogP contribution in [0.3, 0.4) is 0 Å². The lowest BCUT2D eigenvalue weighted by Crippen LogP contribution is -2.15. The Labute approximate surface area is 97.6 Å². The second kappa shape index (κ2) is 5.32. The molecule has 16 heavy (non-hydrogen) atoms. The van der Waals surface area contributed by atoms with E-state index in [1.807, 2.05) is 6.26 Å². The van der Waals surface area contributed by atoms with Gasteiger partial charge in [0.15, 0.2) is 6.10 Å². The molecule has 5 heteroatoms. The summed E-state index contributed by atoms with van der Waals surface area (Å²) in [6, 6.07) is 2.77. The van der Waals surface area contributed by atoms with Crippen molar-refractivity contribution in [1.82, 2.24) is 0 Å². The molecule has 1 N–H and O–H groups in total. The molecule has 1 aromatic rings. The molecule has 1 aromatic carbocycles. The van der Waals surface area contributed by atoms with E-state index in [9.17, 15) is 14.3 Å². The van der Waals surface area contributed by atoms with Gasteiger partial charge in [0, 0.05) is 10.5 Å². The van der Waals surface area contributed by atoms with Crippen molar-refractivity contribution in [2.75, 3.05) is 13.4 Å². The molecule has 0 heterocycles. The Kier molecular flexibility index (Phi) is 4.32. The van der Waals surface area contributed by atoms with E-state index in [0.29, 0.717) is 0 Å². The van der Waals surface area contributed by atoms with E-state index in [1.54, 1.807) is 6.92 Å². The van der Waals surface area contributed by atoms with Gasteiger partial charge in [0.25, 0.3) is 0 Å². The number of aryl methyl sites for hydroxylation is 1. The molecule has 0 saturated heterocycles. The minimum Gasteiger partial charge on any atom is -0.467 e. The highest BCUT2D eigenvalue weighted by molar-refractivity contribution is 7.98. The number of carbonyl (C=O) groups excluding carboxylic acids is 1. The third-order valence-electron chi connectivity index (χ3n) is 2.23. The maximum absolute atomic E-state index is 13.5. The number of methoxy groups -OCH3 is 1. The molecule has 3 nitrogen and oxygen atoms in total. The number of ether oxygens (including phenoxy) is 1. The molecule has 1 rings (SSSR count). The summed E-state index contributed by atoms with van der Waals surface area (Å²) in [6.07, 6.45) is 0.269. The third kappa shape index (κ3) is 2.54. The Morgan fingerprint density at radius 3 is 2.69 bits per heavy atom. The molecule has 0 aliphatic carbocycles. The fraction of sp³-hybridized carbons (Fsp3) is 0.364. The van der Waals surface area contributed by atoms with Crippen molar-refractivity contribution in [2.24, 2.45) is 0 Å². The maximum Gasteiger partial charge on any atom is 0.339 e. The van der Waals surface area contributed by atoms with E-state index in [-0.39, 0.29) is 5.56 Å². The third-order valence-corrected chi connectivity index (χ3v) is 3.11. The fourth-order valence-corrected chi connectivity index (χ4v) is 1.96. The van der Waals surface area contributed by atoms with Gasteiger partial charge in [-0.05, 0) is 30.9 Å². The summed E-state index contributed by atoms with van der Waals surface area (Å²) >= 11 is 1.43. The highest BCUT2D eigenvalue weighted by Crippen LogP contribution is 2.27. The van der Waals surface area contributed by atoms with Gasteiger partial charge in [-0.25, -0.2) is 9.18 Å². The predicted octanol–water partition coefficient (Wildman–Crippen LogP) is 2.06. The number of hydrogen-bond acceptors (Lipinski definition) is 4. The van der Waals surface area contributed by atoms with Gasteiger partial charge in [0.1, 0.15) is 5.82 Å². The van der Waals surface area contributed by atoms with Crippen molar-refractivity contribution in [3.63, 3.8) is 0 Å². The van der Waals surface area contributed by atoms with E-state index in [2.05, 4.69) is 4.74 Å². The van der Waals surface area contributed by atoms with Crippen molar-refractivity contribution < 1.29 is 19.0 Å². The number of thioether (sulfide) groups is 1. The van der Waals surface area contributed by atoms with Crippen molar-refractivity contribution >= 4 is 17.7 Å². The highest BCUT2D eigenvalue weighted by atomic mass is 32.2. The predicted molar refractivity (Wildman–Crippen MR) is 59.9 cm³/mol. The molecule has 1 atom stereocenters. The Balaban J connectivity index is 3.18. The zero-order valence-electron chi connectivity index (χ0n) is 9.28. The van der Waals surface area contributed by atoms with Crippen LogP contribution in [0.2, 0.25) is 0 Å². The first-order valence-electron chi connectivity index (χ1n) is 4.61. The molecular weight excluding hydrogens is 231 g/mol. The van der Waals surface area contributed by atoms with Crippen LogP contribution in [0, 0.1) is 12.7 Å². The number of hydrogen-bond donors (Lipinski definition) is 1. The van der Waals surface area contributed by atoms with Crippen molar-refractivity contribution in [2.45, 2.75) is 17.9 Å². The van der Waals surface area contributed by atoms with Gasteiger partial charge in [0.05, 0.1) is 7.11 Å². The Hall–Kier alpha value is -1.07. The molecule has 88 valence electrons. The molecule has 0 aliphatic rings. The monoisotopic (exact) mass is 244 g/mol. The molecule has 0 spiro atoms. The molecule has 0 aromatic heterocycles. The Bertz CT molecular complexity index is 406. The van der Waals surface area contributed by atoms with Crippen molar-refractivity contribution in [3.8, 4) is 0 Å². The van der Waals surface area contributed by atoms with E-state index in [1.165, 1.54) is 23.9 Å². The zero-order valence-corrected chi connectivity index (χ0v) is 10.1. The van der Waals surface area contributed by atoms with Crippen LogP contribution < -0.4 is 0 Å². The van der Waals surface area contributed by atoms with Crippen molar-refractivity contribution in [3.05, 3.63) is 29.1 Å². The molecule has 0 amide bonds. The fourth-order valence-electron chi connectivity index (χ4n) is 1.34. The number of halogens is 1. The number of esters is 1. The second-order valence-corrected chi connectivity index (χ2v) is 4.12. The molecule has 0 aliphatic heterocycles. The van der Waals surface area contributed by atoms with Gasteiger partial charge < -0.3 is 9.84 Å². The van der Waals surface area contributed by atoms with E-state index >= 15 is 0 Å². The van der Waals surface area contributed by atoms with Crippen LogP contribution in [-0.2, 0) is 9.53 Å². The maximum atomic E-state index is 13.5. The number of benzene rings is 1. The zero-order chi connectivity index (χ0) is 12.3. The molecule has 0 saturated carbocycles. The molecule has 0 bridgehead atoms. The lowest BCUT2D eigenvalue weighted by atomic mass is 10.1. The summed E-state index contributed by atoms with van der Waals surface area (Å²) in [6.45, 7) is 1.77. The highest BCUT2D eigenvalue weighted by Gasteiger charge is 2.22. The Morgan fingerprint density at radius 2 is 2.19 bits per heavy atom. The van der Waals surface area contributed by atoms with Crippen molar-refractivity contribution in [1.29, 1.82) is 0 Å². The van der Waals surface area contributed by atoms with E-state index in [4.69, 9.17) is 0 Å². The van der Waals surface area contributed by atoms with E-state index in [0.717, 1.165) is 17.6 Å². The van der Waals surface area contributed by atoms with Crippen LogP contribution in [-0.4, -0.2) is 24.4 Å². The van der Waals surface area contributed by atoms with E-state index < -0.39 is 17.9 Å². The first-order chi connectivity index (χ1) is 7.51. The topological polar surface area (TPSA) is 46.5 Å². The molecule has 0 fully saturated rings. The summed E-state index contributed by atoms with van der Waals surface area (Å²) in [7, 11) is 1.15. The number of rotatable bonds is 3. The number of aliphatic hydroxyl groups is 1. The van der Waals surface area contributed by atoms with Gasteiger partial charge in [-0.15, -0.1) is 11.8 Å². The largest absolute Gasteiger partial charge is 0.467 e. The first-order valence-corrected chi connectivity index (χ1v) is 5.83. The van der Waals surface area contributed by atoms with Gasteiger partial charge in [-0.1, -0.05) is 0 Å². The SMILES string of the molecule is COC(=O)C(O)c1cc(SC)c(C)cc1F. The lowest BCUT2D eigenvalue weighted by Gasteiger charge is -2.12. The van der Waals surface area contributed by atoms with Crippen LogP contribution in [0.5, 0.6) is 0 Å². The van der Waals surface area contributed by atoms with Gasteiger partial charge in [0.2, 0.25) is 0 Å². The van der Waals surface area contributed by atoms with Gasteiger partial charge in [-0.2, -0.15) is 0 Å². The van der Waals surface area contributed by atoms with Crippen LogP contribution in [0.15, 0.2) is 17.0 Å². The number of aliphatic hydroxyl groups excluding tert-OH is 1. The summed E-state index contributed by atoms with van der Waals surface area (Å²) in [5, 5.41) is 9.56. The quantitative estimate of drug-likeness (QED) is 0.653. The normalized spacial score (nSPS) is 12.3. The summed E-state index contributed by atoms with van der Waals surface area (Å²) in [5.74, 6) is -1.47. The van der Waals surface area contributed by atoms with Gasteiger partial charge >= 0.3 is 5.97 Å². The molecule has 1 unspecified atom stereocenters.